The molecule has 104 valence electrons. The van der Waals surface area contributed by atoms with Crippen LogP contribution in [0.5, 0.6) is 0 Å². The molecule has 1 N–H and O–H groups in total. The fourth-order valence-corrected chi connectivity index (χ4v) is 3.07. The van der Waals surface area contributed by atoms with Crippen molar-refractivity contribution in [2.24, 2.45) is 0 Å². The SMILES string of the molecule is Cc1nc(C)c(C(=O)OCC(=O)NC2CCCC2)s1. The number of carbonyl (C=O) groups is 2. The van der Waals surface area contributed by atoms with Crippen LogP contribution >= 0.6 is 11.3 Å². The summed E-state index contributed by atoms with van der Waals surface area (Å²) in [5.74, 6) is -0.691. The lowest BCUT2D eigenvalue weighted by Crippen LogP contribution is -2.35. The standard InChI is InChI=1S/C13H18N2O3S/c1-8-12(19-9(2)14-8)13(17)18-7-11(16)15-10-5-3-4-6-10/h10H,3-7H2,1-2H3,(H,15,16). The number of carbonyl (C=O) groups excluding carboxylic acids is 2. The lowest BCUT2D eigenvalue weighted by atomic mass is 10.2. The van der Waals surface area contributed by atoms with Crippen LogP contribution < -0.4 is 5.32 Å². The second-order valence-electron chi connectivity index (χ2n) is 4.77. The third kappa shape index (κ3) is 3.76. The van der Waals surface area contributed by atoms with Crippen molar-refractivity contribution in [3.63, 3.8) is 0 Å². The second-order valence-corrected chi connectivity index (χ2v) is 5.98. The van der Waals surface area contributed by atoms with Gasteiger partial charge in [0, 0.05) is 6.04 Å². The third-order valence-electron chi connectivity index (χ3n) is 3.14. The van der Waals surface area contributed by atoms with E-state index in [1.165, 1.54) is 11.3 Å². The average Bonchev–Trinajstić information content (AvgIpc) is 2.96. The normalized spacial score (nSPS) is 15.5. The predicted molar refractivity (Wildman–Crippen MR) is 72.3 cm³/mol. The van der Waals surface area contributed by atoms with Crippen molar-refractivity contribution in [2.75, 3.05) is 6.61 Å². The van der Waals surface area contributed by atoms with E-state index in [-0.39, 0.29) is 18.6 Å². The zero-order valence-electron chi connectivity index (χ0n) is 11.2. The molecule has 1 aliphatic carbocycles. The van der Waals surface area contributed by atoms with E-state index in [4.69, 9.17) is 4.74 Å². The van der Waals surface area contributed by atoms with Gasteiger partial charge in [0.2, 0.25) is 0 Å². The van der Waals surface area contributed by atoms with Gasteiger partial charge in [0.15, 0.2) is 6.61 Å². The second kappa shape index (κ2) is 6.14. The molecule has 0 spiro atoms. The highest BCUT2D eigenvalue weighted by Crippen LogP contribution is 2.19. The zero-order chi connectivity index (χ0) is 13.8. The Hall–Kier alpha value is -1.43. The van der Waals surface area contributed by atoms with E-state index in [0.29, 0.717) is 10.6 Å². The molecular formula is C13H18N2O3S. The highest BCUT2D eigenvalue weighted by Gasteiger charge is 2.19. The van der Waals surface area contributed by atoms with Gasteiger partial charge in [0.05, 0.1) is 10.7 Å². The molecule has 1 amide bonds. The third-order valence-corrected chi connectivity index (χ3v) is 4.20. The Morgan fingerprint density at radius 3 is 2.63 bits per heavy atom. The van der Waals surface area contributed by atoms with E-state index < -0.39 is 5.97 Å². The Balaban J connectivity index is 1.79. The van der Waals surface area contributed by atoms with Crippen LogP contribution in [0.3, 0.4) is 0 Å². The highest BCUT2D eigenvalue weighted by molar-refractivity contribution is 7.13. The number of hydrogen-bond donors (Lipinski definition) is 1. The largest absolute Gasteiger partial charge is 0.451 e. The number of nitrogens with zero attached hydrogens (tertiary/aromatic N) is 1. The van der Waals surface area contributed by atoms with Crippen LogP contribution in [0.25, 0.3) is 0 Å². The van der Waals surface area contributed by atoms with Gasteiger partial charge in [-0.2, -0.15) is 0 Å². The molecule has 0 atom stereocenters. The number of nitrogens with one attached hydrogen (secondary N) is 1. The highest BCUT2D eigenvalue weighted by atomic mass is 32.1. The van der Waals surface area contributed by atoms with Gasteiger partial charge in [-0.15, -0.1) is 11.3 Å². The first-order valence-corrected chi connectivity index (χ1v) is 7.28. The minimum Gasteiger partial charge on any atom is -0.451 e. The first-order valence-electron chi connectivity index (χ1n) is 6.47. The summed E-state index contributed by atoms with van der Waals surface area (Å²) in [4.78, 5) is 28.1. The molecule has 0 radical (unpaired) electrons. The first kappa shape index (κ1) is 14.0. The topological polar surface area (TPSA) is 68.3 Å². The molecular weight excluding hydrogens is 264 g/mol. The molecule has 0 saturated heterocycles. The van der Waals surface area contributed by atoms with Gasteiger partial charge in [0.25, 0.3) is 5.91 Å². The van der Waals surface area contributed by atoms with E-state index in [1.807, 2.05) is 6.92 Å². The molecule has 1 aromatic heterocycles. The first-order chi connectivity index (χ1) is 9.06. The van der Waals surface area contributed by atoms with Crippen molar-refractivity contribution in [3.8, 4) is 0 Å². The number of aromatic nitrogens is 1. The molecule has 0 bridgehead atoms. The quantitative estimate of drug-likeness (QED) is 0.857. The summed E-state index contributed by atoms with van der Waals surface area (Å²) in [6, 6.07) is 0.249. The zero-order valence-corrected chi connectivity index (χ0v) is 12.0. The summed E-state index contributed by atoms with van der Waals surface area (Å²) in [7, 11) is 0. The van der Waals surface area contributed by atoms with E-state index in [9.17, 15) is 9.59 Å². The maximum absolute atomic E-state index is 11.8. The van der Waals surface area contributed by atoms with Crippen LogP contribution in [0.4, 0.5) is 0 Å². The van der Waals surface area contributed by atoms with Crippen LogP contribution in [-0.4, -0.2) is 29.5 Å². The molecule has 6 heteroatoms. The lowest BCUT2D eigenvalue weighted by Gasteiger charge is -2.11. The molecule has 1 aromatic rings. The number of rotatable bonds is 4. The van der Waals surface area contributed by atoms with Crippen LogP contribution in [0.2, 0.25) is 0 Å². The van der Waals surface area contributed by atoms with Crippen molar-refractivity contribution in [2.45, 2.75) is 45.6 Å². The Bertz CT molecular complexity index is 478. The van der Waals surface area contributed by atoms with E-state index in [1.54, 1.807) is 6.92 Å². The molecule has 0 aromatic carbocycles. The van der Waals surface area contributed by atoms with Crippen molar-refractivity contribution < 1.29 is 14.3 Å². The molecule has 0 aliphatic heterocycles. The van der Waals surface area contributed by atoms with Crippen LogP contribution in [0.1, 0.15) is 46.1 Å². The Morgan fingerprint density at radius 1 is 1.37 bits per heavy atom. The van der Waals surface area contributed by atoms with Crippen molar-refractivity contribution in [1.29, 1.82) is 0 Å². The number of ether oxygens (including phenoxy) is 1. The Labute approximate surface area is 116 Å². The number of esters is 1. The predicted octanol–water partition coefficient (Wildman–Crippen LogP) is 1.98. The summed E-state index contributed by atoms with van der Waals surface area (Å²) in [6.07, 6.45) is 4.35. The van der Waals surface area contributed by atoms with E-state index >= 15 is 0 Å². The smallest absolute Gasteiger partial charge is 0.350 e. The number of hydrogen-bond acceptors (Lipinski definition) is 5. The van der Waals surface area contributed by atoms with Gasteiger partial charge in [0.1, 0.15) is 4.88 Å². The lowest BCUT2D eigenvalue weighted by molar-refractivity contribution is -0.124. The molecule has 1 heterocycles. The maximum atomic E-state index is 11.8. The Morgan fingerprint density at radius 2 is 2.05 bits per heavy atom. The maximum Gasteiger partial charge on any atom is 0.350 e. The number of aryl methyl sites for hydroxylation is 2. The molecule has 1 aliphatic rings. The van der Waals surface area contributed by atoms with Gasteiger partial charge < -0.3 is 10.1 Å². The monoisotopic (exact) mass is 282 g/mol. The van der Waals surface area contributed by atoms with Crippen molar-refractivity contribution >= 4 is 23.2 Å². The van der Waals surface area contributed by atoms with Crippen molar-refractivity contribution in [1.82, 2.24) is 10.3 Å². The average molecular weight is 282 g/mol. The molecule has 5 nitrogen and oxygen atoms in total. The van der Waals surface area contributed by atoms with Crippen molar-refractivity contribution in [3.05, 3.63) is 15.6 Å². The van der Waals surface area contributed by atoms with Crippen LogP contribution in [-0.2, 0) is 9.53 Å². The molecule has 19 heavy (non-hydrogen) atoms. The van der Waals surface area contributed by atoms with Crippen LogP contribution in [0, 0.1) is 13.8 Å². The minimum atomic E-state index is -0.468. The Kier molecular flexibility index (Phi) is 4.52. The molecule has 0 unspecified atom stereocenters. The van der Waals surface area contributed by atoms with Gasteiger partial charge in [-0.25, -0.2) is 9.78 Å². The van der Waals surface area contributed by atoms with E-state index in [2.05, 4.69) is 10.3 Å². The summed E-state index contributed by atoms with van der Waals surface area (Å²) < 4.78 is 5.01. The number of thiazole rings is 1. The fourth-order valence-electron chi connectivity index (χ4n) is 2.26. The van der Waals surface area contributed by atoms with Gasteiger partial charge in [-0.3, -0.25) is 4.79 Å². The van der Waals surface area contributed by atoms with E-state index in [0.717, 1.165) is 30.7 Å². The molecule has 1 fully saturated rings. The number of amides is 1. The molecule has 2 rings (SSSR count). The molecule has 1 saturated carbocycles. The van der Waals surface area contributed by atoms with Crippen LogP contribution in [0.15, 0.2) is 0 Å². The van der Waals surface area contributed by atoms with Gasteiger partial charge >= 0.3 is 5.97 Å². The van der Waals surface area contributed by atoms with Gasteiger partial charge in [-0.1, -0.05) is 12.8 Å². The van der Waals surface area contributed by atoms with Gasteiger partial charge in [-0.05, 0) is 26.7 Å². The summed E-state index contributed by atoms with van der Waals surface area (Å²) in [6.45, 7) is 3.38. The summed E-state index contributed by atoms with van der Waals surface area (Å²) in [5.41, 5.74) is 0.656. The fraction of sp³-hybridized carbons (Fsp3) is 0.615. The summed E-state index contributed by atoms with van der Waals surface area (Å²) >= 11 is 1.29. The minimum absolute atomic E-state index is 0.217. The summed E-state index contributed by atoms with van der Waals surface area (Å²) in [5, 5.41) is 3.70.